The van der Waals surface area contributed by atoms with Crippen LogP contribution in [0, 0.1) is 0 Å². The van der Waals surface area contributed by atoms with Gasteiger partial charge in [-0.15, -0.1) is 0 Å². The average molecular weight is 369 g/mol. The highest BCUT2D eigenvalue weighted by Gasteiger charge is 2.20. The summed E-state index contributed by atoms with van der Waals surface area (Å²) < 4.78 is 7.12. The van der Waals surface area contributed by atoms with Crippen molar-refractivity contribution >= 4 is 11.6 Å². The second-order valence-electron chi connectivity index (χ2n) is 6.17. The number of carbonyl (C=O) groups is 1. The molecule has 3 aromatic carbocycles. The van der Waals surface area contributed by atoms with E-state index in [4.69, 9.17) is 4.74 Å². The molecule has 1 N–H and O–H groups in total. The van der Waals surface area contributed by atoms with Crippen molar-refractivity contribution in [3.63, 3.8) is 0 Å². The first kappa shape index (κ1) is 17.5. The Morgan fingerprint density at radius 2 is 1.54 bits per heavy atom. The fourth-order valence-electron chi connectivity index (χ4n) is 3.09. The molecule has 0 aliphatic carbocycles. The molecule has 0 saturated heterocycles. The number of nitrogens with one attached hydrogen (secondary N) is 1. The van der Waals surface area contributed by atoms with E-state index in [2.05, 4.69) is 10.4 Å². The van der Waals surface area contributed by atoms with Gasteiger partial charge in [0, 0.05) is 5.56 Å². The summed E-state index contributed by atoms with van der Waals surface area (Å²) in [5, 5.41) is 7.43. The van der Waals surface area contributed by atoms with E-state index in [9.17, 15) is 4.79 Å². The highest BCUT2D eigenvalue weighted by Crippen LogP contribution is 2.29. The largest absolute Gasteiger partial charge is 0.495 e. The third-order valence-corrected chi connectivity index (χ3v) is 4.42. The van der Waals surface area contributed by atoms with Crippen molar-refractivity contribution in [3.05, 3.63) is 96.7 Å². The highest BCUT2D eigenvalue weighted by atomic mass is 16.5. The van der Waals surface area contributed by atoms with Gasteiger partial charge in [-0.1, -0.05) is 60.7 Å². The van der Waals surface area contributed by atoms with Crippen LogP contribution in [0.15, 0.2) is 91.1 Å². The summed E-state index contributed by atoms with van der Waals surface area (Å²) in [5.74, 6) is 0.359. The van der Waals surface area contributed by atoms with Gasteiger partial charge in [0.1, 0.15) is 5.75 Å². The quantitative estimate of drug-likeness (QED) is 0.550. The topological polar surface area (TPSA) is 56.1 Å². The molecule has 0 bridgehead atoms. The van der Waals surface area contributed by atoms with Gasteiger partial charge in [0.2, 0.25) is 0 Å². The summed E-state index contributed by atoms with van der Waals surface area (Å²) in [5.41, 5.74) is 3.63. The van der Waals surface area contributed by atoms with Gasteiger partial charge in [-0.2, -0.15) is 5.10 Å². The molecule has 138 valence electrons. The highest BCUT2D eigenvalue weighted by molar-refractivity contribution is 6.08. The van der Waals surface area contributed by atoms with Crippen LogP contribution in [-0.2, 0) is 0 Å². The van der Waals surface area contributed by atoms with Gasteiger partial charge in [-0.3, -0.25) is 4.79 Å². The van der Waals surface area contributed by atoms with E-state index in [0.29, 0.717) is 17.0 Å². The van der Waals surface area contributed by atoms with Gasteiger partial charge in [0.25, 0.3) is 5.91 Å². The van der Waals surface area contributed by atoms with Gasteiger partial charge < -0.3 is 10.1 Å². The summed E-state index contributed by atoms with van der Waals surface area (Å²) in [4.78, 5) is 13.1. The van der Waals surface area contributed by atoms with Crippen molar-refractivity contribution in [1.82, 2.24) is 9.78 Å². The number of rotatable bonds is 5. The third-order valence-electron chi connectivity index (χ3n) is 4.42. The van der Waals surface area contributed by atoms with Gasteiger partial charge in [-0.25, -0.2) is 4.68 Å². The van der Waals surface area contributed by atoms with E-state index in [0.717, 1.165) is 16.9 Å². The smallest absolute Gasteiger partial charge is 0.259 e. The molecule has 0 atom stereocenters. The van der Waals surface area contributed by atoms with Crippen molar-refractivity contribution < 1.29 is 9.53 Å². The molecule has 1 amide bonds. The van der Waals surface area contributed by atoms with Gasteiger partial charge in [0.05, 0.1) is 35.9 Å². The van der Waals surface area contributed by atoms with E-state index in [1.165, 1.54) is 0 Å². The van der Waals surface area contributed by atoms with Crippen molar-refractivity contribution in [1.29, 1.82) is 0 Å². The first-order chi connectivity index (χ1) is 13.8. The van der Waals surface area contributed by atoms with Crippen molar-refractivity contribution in [3.8, 4) is 22.7 Å². The predicted molar refractivity (Wildman–Crippen MR) is 110 cm³/mol. The van der Waals surface area contributed by atoms with Crippen LogP contribution < -0.4 is 10.1 Å². The Morgan fingerprint density at radius 3 is 2.25 bits per heavy atom. The number of nitrogens with zero attached hydrogens (tertiary/aromatic N) is 2. The van der Waals surface area contributed by atoms with Crippen LogP contribution in [0.25, 0.3) is 16.9 Å². The van der Waals surface area contributed by atoms with E-state index >= 15 is 0 Å². The normalized spacial score (nSPS) is 10.5. The fraction of sp³-hybridized carbons (Fsp3) is 0.0435. The summed E-state index contributed by atoms with van der Waals surface area (Å²) in [6.45, 7) is 0. The standard InChI is InChI=1S/C23H19N3O2/c1-28-21-15-9-8-14-20(21)25-23(27)19-16-24-26(18-12-6-3-7-13-18)22(19)17-10-4-2-5-11-17/h2-16H,1H3,(H,25,27). The minimum atomic E-state index is -0.245. The second kappa shape index (κ2) is 7.80. The van der Waals surface area contributed by atoms with Crippen molar-refractivity contribution in [2.75, 3.05) is 12.4 Å². The lowest BCUT2D eigenvalue weighted by atomic mass is 10.1. The Morgan fingerprint density at radius 1 is 0.893 bits per heavy atom. The molecular weight excluding hydrogens is 350 g/mol. The summed E-state index contributed by atoms with van der Waals surface area (Å²) in [6, 6.07) is 26.9. The molecule has 0 unspecified atom stereocenters. The molecule has 1 aromatic heterocycles. The number of benzene rings is 3. The minimum absolute atomic E-state index is 0.245. The number of aromatic nitrogens is 2. The monoisotopic (exact) mass is 369 g/mol. The van der Waals surface area contributed by atoms with E-state index in [-0.39, 0.29) is 5.91 Å². The van der Waals surface area contributed by atoms with Gasteiger partial charge >= 0.3 is 0 Å². The fourth-order valence-corrected chi connectivity index (χ4v) is 3.09. The van der Waals surface area contributed by atoms with Crippen LogP contribution >= 0.6 is 0 Å². The maximum absolute atomic E-state index is 13.1. The Labute approximate surface area is 163 Å². The number of methoxy groups -OCH3 is 1. The molecule has 0 spiro atoms. The van der Waals surface area contributed by atoms with Crippen LogP contribution in [0.5, 0.6) is 5.75 Å². The zero-order valence-electron chi connectivity index (χ0n) is 15.4. The lowest BCUT2D eigenvalue weighted by molar-refractivity contribution is 0.102. The molecule has 0 radical (unpaired) electrons. The van der Waals surface area contributed by atoms with Gasteiger partial charge in [-0.05, 0) is 24.3 Å². The van der Waals surface area contributed by atoms with Crippen LogP contribution in [0.2, 0.25) is 0 Å². The lowest BCUT2D eigenvalue weighted by Gasteiger charge is -2.12. The van der Waals surface area contributed by atoms with E-state index in [1.54, 1.807) is 30.1 Å². The van der Waals surface area contributed by atoms with Gasteiger partial charge in [0.15, 0.2) is 0 Å². The first-order valence-electron chi connectivity index (χ1n) is 8.91. The Bertz CT molecular complexity index is 1090. The number of ether oxygens (including phenoxy) is 1. The van der Waals surface area contributed by atoms with E-state index < -0.39 is 0 Å². The van der Waals surface area contributed by atoms with E-state index in [1.807, 2.05) is 72.8 Å². The number of carbonyl (C=O) groups excluding carboxylic acids is 1. The van der Waals surface area contributed by atoms with Crippen LogP contribution in [0.1, 0.15) is 10.4 Å². The molecule has 0 aliphatic rings. The molecule has 0 saturated carbocycles. The second-order valence-corrected chi connectivity index (χ2v) is 6.17. The maximum Gasteiger partial charge on any atom is 0.259 e. The molecule has 5 nitrogen and oxygen atoms in total. The van der Waals surface area contributed by atoms with Crippen molar-refractivity contribution in [2.45, 2.75) is 0 Å². The SMILES string of the molecule is COc1ccccc1NC(=O)c1cnn(-c2ccccc2)c1-c1ccccc1. The summed E-state index contributed by atoms with van der Waals surface area (Å²) >= 11 is 0. The molecule has 5 heteroatoms. The Hall–Kier alpha value is -3.86. The molecule has 1 heterocycles. The summed E-state index contributed by atoms with van der Waals surface area (Å²) in [7, 11) is 1.58. The average Bonchev–Trinajstić information content (AvgIpc) is 3.21. The van der Waals surface area contributed by atoms with Crippen LogP contribution in [0.4, 0.5) is 5.69 Å². The molecule has 28 heavy (non-hydrogen) atoms. The third kappa shape index (κ3) is 3.38. The number of hydrogen-bond acceptors (Lipinski definition) is 3. The summed E-state index contributed by atoms with van der Waals surface area (Å²) in [6.07, 6.45) is 1.60. The lowest BCUT2D eigenvalue weighted by Crippen LogP contribution is -2.13. The number of amides is 1. The number of anilines is 1. The molecule has 0 aliphatic heterocycles. The zero-order chi connectivity index (χ0) is 19.3. The maximum atomic E-state index is 13.1. The number of hydrogen-bond donors (Lipinski definition) is 1. The first-order valence-corrected chi connectivity index (χ1v) is 8.91. The Kier molecular flexibility index (Phi) is 4.89. The molecule has 4 aromatic rings. The molecule has 4 rings (SSSR count). The van der Waals surface area contributed by atoms with Crippen LogP contribution in [0.3, 0.4) is 0 Å². The zero-order valence-corrected chi connectivity index (χ0v) is 15.4. The molecule has 0 fully saturated rings. The predicted octanol–water partition coefficient (Wildman–Crippen LogP) is 4.80. The molecular formula is C23H19N3O2. The van der Waals surface area contributed by atoms with Crippen LogP contribution in [-0.4, -0.2) is 22.8 Å². The number of para-hydroxylation sites is 3. The Balaban J connectivity index is 1.79. The minimum Gasteiger partial charge on any atom is -0.495 e. The van der Waals surface area contributed by atoms with Crippen molar-refractivity contribution in [2.24, 2.45) is 0 Å².